The third kappa shape index (κ3) is 7.09. The Balaban J connectivity index is 2.09. The third-order valence-electron chi connectivity index (χ3n) is 2.72. The Kier molecular flexibility index (Phi) is 6.26. The second-order valence-corrected chi connectivity index (χ2v) is 7.04. The fraction of sp³-hybridized carbons (Fsp3) is 0.786. The number of rotatable bonds is 7. The lowest BCUT2D eigenvalue weighted by atomic mass is 10.1. The van der Waals surface area contributed by atoms with E-state index in [1.807, 2.05) is 0 Å². The first kappa shape index (κ1) is 15.6. The Hall–Kier alpha value is -0.450. The molecule has 1 aromatic heterocycles. The molecule has 104 valence electrons. The van der Waals surface area contributed by atoms with Gasteiger partial charge in [0.15, 0.2) is 0 Å². The van der Waals surface area contributed by atoms with Gasteiger partial charge in [-0.05, 0) is 60.7 Å². The fourth-order valence-electron chi connectivity index (χ4n) is 1.81. The summed E-state index contributed by atoms with van der Waals surface area (Å²) in [5, 5.41) is 6.84. The SMILES string of the molecule is Cc1nc(CN(C)CCCCNC(C)(C)C)cs1. The molecule has 3 nitrogen and oxygen atoms in total. The van der Waals surface area contributed by atoms with Gasteiger partial charge in [-0.25, -0.2) is 4.98 Å². The van der Waals surface area contributed by atoms with Gasteiger partial charge >= 0.3 is 0 Å². The molecule has 0 amide bonds. The van der Waals surface area contributed by atoms with Gasteiger partial charge in [-0.1, -0.05) is 0 Å². The maximum absolute atomic E-state index is 4.49. The van der Waals surface area contributed by atoms with Crippen molar-refractivity contribution in [2.45, 2.75) is 52.6 Å². The van der Waals surface area contributed by atoms with Crippen molar-refractivity contribution < 1.29 is 0 Å². The van der Waals surface area contributed by atoms with E-state index in [1.54, 1.807) is 11.3 Å². The molecule has 0 saturated heterocycles. The number of aromatic nitrogens is 1. The van der Waals surface area contributed by atoms with Gasteiger partial charge in [0.25, 0.3) is 0 Å². The Bertz CT molecular complexity index is 341. The number of nitrogens with one attached hydrogen (secondary N) is 1. The van der Waals surface area contributed by atoms with Crippen LogP contribution < -0.4 is 5.32 Å². The number of hydrogen-bond donors (Lipinski definition) is 1. The molecule has 1 N–H and O–H groups in total. The minimum Gasteiger partial charge on any atom is -0.312 e. The molecule has 0 aromatic carbocycles. The molecular weight excluding hydrogens is 242 g/mol. The molecule has 0 spiro atoms. The zero-order valence-electron chi connectivity index (χ0n) is 12.4. The molecule has 18 heavy (non-hydrogen) atoms. The first-order chi connectivity index (χ1) is 8.37. The quantitative estimate of drug-likeness (QED) is 0.771. The van der Waals surface area contributed by atoms with Crippen molar-refractivity contribution in [1.82, 2.24) is 15.2 Å². The van der Waals surface area contributed by atoms with Crippen LogP contribution in [0.3, 0.4) is 0 Å². The average molecular weight is 269 g/mol. The van der Waals surface area contributed by atoms with E-state index in [0.29, 0.717) is 0 Å². The van der Waals surface area contributed by atoms with Gasteiger partial charge < -0.3 is 10.2 Å². The van der Waals surface area contributed by atoms with Crippen molar-refractivity contribution in [1.29, 1.82) is 0 Å². The normalized spacial score (nSPS) is 12.3. The van der Waals surface area contributed by atoms with Gasteiger partial charge in [-0.3, -0.25) is 0 Å². The Morgan fingerprint density at radius 2 is 2.06 bits per heavy atom. The molecule has 0 bridgehead atoms. The molecule has 1 heterocycles. The van der Waals surface area contributed by atoms with Crippen LogP contribution in [0.25, 0.3) is 0 Å². The van der Waals surface area contributed by atoms with E-state index in [2.05, 4.69) is 55.3 Å². The zero-order valence-corrected chi connectivity index (χ0v) is 13.2. The molecule has 4 heteroatoms. The van der Waals surface area contributed by atoms with Crippen molar-refractivity contribution >= 4 is 11.3 Å². The van der Waals surface area contributed by atoms with Crippen LogP contribution in [-0.2, 0) is 6.54 Å². The monoisotopic (exact) mass is 269 g/mol. The van der Waals surface area contributed by atoms with E-state index in [4.69, 9.17) is 0 Å². The molecular formula is C14H27N3S. The minimum atomic E-state index is 0.240. The summed E-state index contributed by atoms with van der Waals surface area (Å²) in [5.74, 6) is 0. The van der Waals surface area contributed by atoms with Crippen LogP contribution in [0.15, 0.2) is 5.38 Å². The smallest absolute Gasteiger partial charge is 0.0897 e. The summed E-state index contributed by atoms with van der Waals surface area (Å²) in [4.78, 5) is 6.84. The highest BCUT2D eigenvalue weighted by Crippen LogP contribution is 2.10. The van der Waals surface area contributed by atoms with Crippen molar-refractivity contribution in [2.24, 2.45) is 0 Å². The average Bonchev–Trinajstić information content (AvgIpc) is 2.61. The highest BCUT2D eigenvalue weighted by molar-refractivity contribution is 7.09. The Morgan fingerprint density at radius 1 is 1.33 bits per heavy atom. The molecule has 0 aliphatic rings. The molecule has 1 rings (SSSR count). The predicted octanol–water partition coefficient (Wildman–Crippen LogP) is 3.05. The Labute approximate surface area is 116 Å². The molecule has 0 aliphatic carbocycles. The highest BCUT2D eigenvalue weighted by Gasteiger charge is 2.07. The van der Waals surface area contributed by atoms with Gasteiger partial charge in [-0.2, -0.15) is 0 Å². The summed E-state index contributed by atoms with van der Waals surface area (Å²) in [7, 11) is 2.17. The fourth-order valence-corrected chi connectivity index (χ4v) is 2.41. The molecule has 0 unspecified atom stereocenters. The largest absolute Gasteiger partial charge is 0.312 e. The molecule has 0 radical (unpaired) electrons. The van der Waals surface area contributed by atoms with Crippen molar-refractivity contribution in [3.05, 3.63) is 16.1 Å². The van der Waals surface area contributed by atoms with Gasteiger partial charge in [0.2, 0.25) is 0 Å². The van der Waals surface area contributed by atoms with Crippen molar-refractivity contribution in [2.75, 3.05) is 20.1 Å². The van der Waals surface area contributed by atoms with Crippen molar-refractivity contribution in [3.8, 4) is 0 Å². The summed E-state index contributed by atoms with van der Waals surface area (Å²) >= 11 is 1.73. The molecule has 0 fully saturated rings. The van der Waals surface area contributed by atoms with E-state index in [-0.39, 0.29) is 5.54 Å². The second kappa shape index (κ2) is 7.22. The maximum atomic E-state index is 4.49. The predicted molar refractivity (Wildman–Crippen MR) is 80.2 cm³/mol. The number of aryl methyl sites for hydroxylation is 1. The van der Waals surface area contributed by atoms with Gasteiger partial charge in [0, 0.05) is 17.5 Å². The zero-order chi connectivity index (χ0) is 13.6. The van der Waals surface area contributed by atoms with E-state index >= 15 is 0 Å². The lowest BCUT2D eigenvalue weighted by Crippen LogP contribution is -2.36. The topological polar surface area (TPSA) is 28.2 Å². The van der Waals surface area contributed by atoms with Crippen LogP contribution in [0, 0.1) is 6.92 Å². The number of nitrogens with zero attached hydrogens (tertiary/aromatic N) is 2. The van der Waals surface area contributed by atoms with E-state index in [1.165, 1.54) is 18.5 Å². The molecule has 0 atom stereocenters. The number of unbranched alkanes of at least 4 members (excludes halogenated alkanes) is 1. The summed E-state index contributed by atoms with van der Waals surface area (Å²) in [6, 6.07) is 0. The molecule has 0 saturated carbocycles. The first-order valence-corrected chi connectivity index (χ1v) is 7.59. The van der Waals surface area contributed by atoms with Gasteiger partial charge in [0.1, 0.15) is 0 Å². The standard InChI is InChI=1S/C14H27N3S/c1-12-16-13(11-18-12)10-17(5)9-7-6-8-15-14(2,3)4/h11,15H,6-10H2,1-5H3. The second-order valence-electron chi connectivity index (χ2n) is 5.98. The van der Waals surface area contributed by atoms with Crippen LogP contribution in [-0.4, -0.2) is 35.6 Å². The number of thiazole rings is 1. The summed E-state index contributed by atoms with van der Waals surface area (Å²) in [6.07, 6.45) is 2.47. The van der Waals surface area contributed by atoms with Crippen LogP contribution in [0.1, 0.15) is 44.3 Å². The van der Waals surface area contributed by atoms with E-state index < -0.39 is 0 Å². The maximum Gasteiger partial charge on any atom is 0.0897 e. The van der Waals surface area contributed by atoms with Crippen molar-refractivity contribution in [3.63, 3.8) is 0 Å². The summed E-state index contributed by atoms with van der Waals surface area (Å²) in [6.45, 7) is 11.9. The minimum absolute atomic E-state index is 0.240. The van der Waals surface area contributed by atoms with Crippen LogP contribution >= 0.6 is 11.3 Å². The van der Waals surface area contributed by atoms with Crippen LogP contribution in [0.4, 0.5) is 0 Å². The van der Waals surface area contributed by atoms with Crippen LogP contribution in [0.2, 0.25) is 0 Å². The van der Waals surface area contributed by atoms with Crippen LogP contribution in [0.5, 0.6) is 0 Å². The lowest BCUT2D eigenvalue weighted by molar-refractivity contribution is 0.310. The summed E-state index contributed by atoms with van der Waals surface area (Å²) < 4.78 is 0. The van der Waals surface area contributed by atoms with Gasteiger partial charge in [0.05, 0.1) is 10.7 Å². The Morgan fingerprint density at radius 3 is 2.61 bits per heavy atom. The van der Waals surface area contributed by atoms with E-state index in [9.17, 15) is 0 Å². The van der Waals surface area contributed by atoms with E-state index in [0.717, 1.165) is 24.6 Å². The first-order valence-electron chi connectivity index (χ1n) is 6.71. The molecule has 1 aromatic rings. The molecule has 0 aliphatic heterocycles. The number of hydrogen-bond acceptors (Lipinski definition) is 4. The van der Waals surface area contributed by atoms with Gasteiger partial charge in [-0.15, -0.1) is 11.3 Å². The lowest BCUT2D eigenvalue weighted by Gasteiger charge is -2.21. The third-order valence-corrected chi connectivity index (χ3v) is 3.54. The highest BCUT2D eigenvalue weighted by atomic mass is 32.1. The summed E-state index contributed by atoms with van der Waals surface area (Å²) in [5.41, 5.74) is 1.44.